The Kier molecular flexibility index (Phi) is 6.30. The van der Waals surface area contributed by atoms with Gasteiger partial charge in [0, 0.05) is 13.8 Å². The largest absolute Gasteiger partial charge is 0.389 e. The summed E-state index contributed by atoms with van der Waals surface area (Å²) in [7, 11) is 0. The summed E-state index contributed by atoms with van der Waals surface area (Å²) in [5, 5.41) is 15.9. The molecule has 1 aromatic rings. The topological polar surface area (TPSA) is 96.9 Å². The standard InChI is InChI=1S/C17H24N2O5/c1-10-14(18-11(2)20)16(22)15(19-12(3)21)17(24-10)23-9-13-7-5-4-6-8-13/h4-8,10,14-17,22H,9H2,1-3H3,(H,18,20)(H,19,21)/t10-,14-,15-,16+,17+/m1/s1. The second kappa shape index (κ2) is 8.23. The lowest BCUT2D eigenvalue weighted by atomic mass is 9.94. The second-order valence-electron chi connectivity index (χ2n) is 5.95. The third-order valence-electron chi connectivity index (χ3n) is 3.88. The van der Waals surface area contributed by atoms with E-state index in [-0.39, 0.29) is 18.4 Å². The van der Waals surface area contributed by atoms with Crippen LogP contribution in [-0.4, -0.2) is 47.5 Å². The average molecular weight is 336 g/mol. The minimum absolute atomic E-state index is 0.278. The Morgan fingerprint density at radius 2 is 1.71 bits per heavy atom. The Hall–Kier alpha value is -1.96. The van der Waals surface area contributed by atoms with Crippen LogP contribution < -0.4 is 10.6 Å². The molecule has 0 aliphatic carbocycles. The molecule has 7 heteroatoms. The van der Waals surface area contributed by atoms with Gasteiger partial charge in [0.1, 0.15) is 12.1 Å². The summed E-state index contributed by atoms with van der Waals surface area (Å²) in [5.74, 6) is -0.591. The Labute approximate surface area is 141 Å². The summed E-state index contributed by atoms with van der Waals surface area (Å²) in [6, 6.07) is 8.12. The molecular formula is C17H24N2O5. The van der Waals surface area contributed by atoms with Crippen LogP contribution >= 0.6 is 0 Å². The highest BCUT2D eigenvalue weighted by Gasteiger charge is 2.44. The molecule has 0 saturated carbocycles. The minimum atomic E-state index is -1.03. The van der Waals surface area contributed by atoms with Crippen molar-refractivity contribution in [2.75, 3.05) is 0 Å². The number of hydrogen-bond acceptors (Lipinski definition) is 5. The molecular weight excluding hydrogens is 312 g/mol. The lowest BCUT2D eigenvalue weighted by Gasteiger charge is -2.43. The Morgan fingerprint density at radius 1 is 1.12 bits per heavy atom. The number of aliphatic hydroxyl groups excluding tert-OH is 1. The number of carbonyl (C=O) groups is 2. The van der Waals surface area contributed by atoms with E-state index >= 15 is 0 Å². The van der Waals surface area contributed by atoms with Crippen LogP contribution in [0.3, 0.4) is 0 Å². The number of nitrogens with one attached hydrogen (secondary N) is 2. The average Bonchev–Trinajstić information content (AvgIpc) is 2.53. The van der Waals surface area contributed by atoms with Gasteiger partial charge in [-0.05, 0) is 12.5 Å². The first-order chi connectivity index (χ1) is 11.4. The SMILES string of the molecule is CC(=O)N[C@H]1[C@@H](OCc2ccccc2)O[C@H](C)[C@@H](NC(C)=O)[C@@H]1O. The zero-order chi connectivity index (χ0) is 17.7. The van der Waals surface area contributed by atoms with E-state index < -0.39 is 30.6 Å². The Balaban J connectivity index is 2.10. The Morgan fingerprint density at radius 3 is 2.29 bits per heavy atom. The number of benzene rings is 1. The van der Waals surface area contributed by atoms with Crippen LogP contribution in [0.4, 0.5) is 0 Å². The van der Waals surface area contributed by atoms with Gasteiger partial charge < -0.3 is 25.2 Å². The van der Waals surface area contributed by atoms with Gasteiger partial charge in [0.25, 0.3) is 0 Å². The molecule has 0 radical (unpaired) electrons. The van der Waals surface area contributed by atoms with Gasteiger partial charge in [-0.3, -0.25) is 9.59 Å². The highest BCUT2D eigenvalue weighted by atomic mass is 16.7. The summed E-state index contributed by atoms with van der Waals surface area (Å²) < 4.78 is 11.6. The van der Waals surface area contributed by atoms with Crippen LogP contribution in [0.15, 0.2) is 30.3 Å². The fourth-order valence-electron chi connectivity index (χ4n) is 2.76. The van der Waals surface area contributed by atoms with E-state index in [0.717, 1.165) is 5.56 Å². The fraction of sp³-hybridized carbons (Fsp3) is 0.529. The summed E-state index contributed by atoms with van der Waals surface area (Å²) >= 11 is 0. The Bertz CT molecular complexity index is 565. The summed E-state index contributed by atoms with van der Waals surface area (Å²) in [6.45, 7) is 4.75. The van der Waals surface area contributed by atoms with Crippen molar-refractivity contribution in [3.8, 4) is 0 Å². The molecule has 24 heavy (non-hydrogen) atoms. The van der Waals surface area contributed by atoms with E-state index in [1.807, 2.05) is 30.3 Å². The molecule has 3 N–H and O–H groups in total. The maximum atomic E-state index is 11.5. The van der Waals surface area contributed by atoms with Crippen molar-refractivity contribution in [2.24, 2.45) is 0 Å². The van der Waals surface area contributed by atoms with Crippen LogP contribution in [0.1, 0.15) is 26.3 Å². The van der Waals surface area contributed by atoms with E-state index in [4.69, 9.17) is 9.47 Å². The van der Waals surface area contributed by atoms with Gasteiger partial charge in [-0.2, -0.15) is 0 Å². The molecule has 1 heterocycles. The lowest BCUT2D eigenvalue weighted by molar-refractivity contribution is -0.241. The first-order valence-electron chi connectivity index (χ1n) is 7.91. The highest BCUT2D eigenvalue weighted by Crippen LogP contribution is 2.23. The van der Waals surface area contributed by atoms with Crippen LogP contribution in [-0.2, 0) is 25.7 Å². The van der Waals surface area contributed by atoms with Gasteiger partial charge in [-0.15, -0.1) is 0 Å². The molecule has 0 unspecified atom stereocenters. The van der Waals surface area contributed by atoms with Gasteiger partial charge >= 0.3 is 0 Å². The maximum Gasteiger partial charge on any atom is 0.217 e. The van der Waals surface area contributed by atoms with E-state index in [1.165, 1.54) is 13.8 Å². The number of aliphatic hydroxyl groups is 1. The molecule has 5 atom stereocenters. The van der Waals surface area contributed by atoms with Crippen molar-refractivity contribution in [3.05, 3.63) is 35.9 Å². The van der Waals surface area contributed by atoms with Gasteiger partial charge in [0.2, 0.25) is 11.8 Å². The van der Waals surface area contributed by atoms with Gasteiger partial charge in [0.15, 0.2) is 6.29 Å². The molecule has 1 aromatic carbocycles. The van der Waals surface area contributed by atoms with E-state index in [9.17, 15) is 14.7 Å². The number of amides is 2. The van der Waals surface area contributed by atoms with Crippen molar-refractivity contribution in [3.63, 3.8) is 0 Å². The number of hydrogen-bond donors (Lipinski definition) is 3. The molecule has 0 bridgehead atoms. The second-order valence-corrected chi connectivity index (χ2v) is 5.95. The molecule has 1 fully saturated rings. The summed E-state index contributed by atoms with van der Waals surface area (Å²) in [4.78, 5) is 22.8. The normalized spacial score (nSPS) is 29.8. The molecule has 1 saturated heterocycles. The van der Waals surface area contributed by atoms with Crippen molar-refractivity contribution >= 4 is 11.8 Å². The fourth-order valence-corrected chi connectivity index (χ4v) is 2.76. The van der Waals surface area contributed by atoms with Crippen molar-refractivity contribution in [1.29, 1.82) is 0 Å². The minimum Gasteiger partial charge on any atom is -0.389 e. The van der Waals surface area contributed by atoms with Crippen LogP contribution in [0.5, 0.6) is 0 Å². The third kappa shape index (κ3) is 4.77. The van der Waals surface area contributed by atoms with Gasteiger partial charge in [0.05, 0.1) is 18.8 Å². The number of rotatable bonds is 5. The van der Waals surface area contributed by atoms with E-state index in [2.05, 4.69) is 10.6 Å². The summed E-state index contributed by atoms with van der Waals surface area (Å²) in [6.07, 6.45) is -2.30. The predicted molar refractivity (Wildman–Crippen MR) is 86.8 cm³/mol. The van der Waals surface area contributed by atoms with Crippen molar-refractivity contribution < 1.29 is 24.2 Å². The molecule has 7 nitrogen and oxygen atoms in total. The molecule has 132 valence electrons. The lowest BCUT2D eigenvalue weighted by Crippen LogP contribution is -2.67. The predicted octanol–water partition coefficient (Wildman–Crippen LogP) is 0.318. The van der Waals surface area contributed by atoms with Crippen LogP contribution in [0.2, 0.25) is 0 Å². The zero-order valence-corrected chi connectivity index (χ0v) is 14.1. The maximum absolute atomic E-state index is 11.5. The zero-order valence-electron chi connectivity index (χ0n) is 14.1. The van der Waals surface area contributed by atoms with E-state index in [0.29, 0.717) is 0 Å². The molecule has 1 aliphatic heterocycles. The van der Waals surface area contributed by atoms with Crippen molar-refractivity contribution in [2.45, 2.75) is 58.0 Å². The van der Waals surface area contributed by atoms with E-state index in [1.54, 1.807) is 6.92 Å². The number of ether oxygens (including phenoxy) is 2. The summed E-state index contributed by atoms with van der Waals surface area (Å²) in [5.41, 5.74) is 0.953. The molecule has 2 amide bonds. The first-order valence-corrected chi connectivity index (χ1v) is 7.91. The molecule has 0 spiro atoms. The van der Waals surface area contributed by atoms with Gasteiger partial charge in [-0.25, -0.2) is 0 Å². The third-order valence-corrected chi connectivity index (χ3v) is 3.88. The van der Waals surface area contributed by atoms with Gasteiger partial charge in [-0.1, -0.05) is 30.3 Å². The smallest absolute Gasteiger partial charge is 0.217 e. The first kappa shape index (κ1) is 18.4. The molecule has 2 rings (SSSR count). The molecule has 1 aliphatic rings. The monoisotopic (exact) mass is 336 g/mol. The number of carbonyl (C=O) groups excluding carboxylic acids is 2. The van der Waals surface area contributed by atoms with Crippen LogP contribution in [0, 0.1) is 0 Å². The quantitative estimate of drug-likeness (QED) is 0.719. The highest BCUT2D eigenvalue weighted by molar-refractivity contribution is 5.74. The van der Waals surface area contributed by atoms with Crippen LogP contribution in [0.25, 0.3) is 0 Å². The molecule has 0 aromatic heterocycles. The van der Waals surface area contributed by atoms with Crippen molar-refractivity contribution in [1.82, 2.24) is 10.6 Å².